The van der Waals surface area contributed by atoms with Crippen LogP contribution in [0.2, 0.25) is 0 Å². The lowest BCUT2D eigenvalue weighted by molar-refractivity contribution is -0.123. The lowest BCUT2D eigenvalue weighted by atomic mass is 10.0. The molecule has 0 saturated heterocycles. The SMILES string of the molecule is Cc1oc2cc(OCC(=O)NCCc3ccc(F)cc3)ccc2c(=O)c1-c1ccccc1. The Morgan fingerprint density at radius 3 is 2.53 bits per heavy atom. The van der Waals surface area contributed by atoms with Crippen LogP contribution in [0, 0.1) is 12.7 Å². The molecule has 4 rings (SSSR count). The molecule has 0 radical (unpaired) electrons. The van der Waals surface area contributed by atoms with Gasteiger partial charge in [0.15, 0.2) is 6.61 Å². The van der Waals surface area contributed by atoms with Crippen molar-refractivity contribution in [3.8, 4) is 16.9 Å². The second kappa shape index (κ2) is 9.47. The summed E-state index contributed by atoms with van der Waals surface area (Å²) in [5.74, 6) is 0.388. The van der Waals surface area contributed by atoms with E-state index in [0.717, 1.165) is 11.1 Å². The van der Waals surface area contributed by atoms with Gasteiger partial charge < -0.3 is 14.5 Å². The van der Waals surface area contributed by atoms with Crippen molar-refractivity contribution in [2.24, 2.45) is 0 Å². The molecular formula is C26H22FNO4. The largest absolute Gasteiger partial charge is 0.484 e. The van der Waals surface area contributed by atoms with Crippen molar-refractivity contribution in [1.29, 1.82) is 0 Å². The maximum absolute atomic E-state index is 13.0. The van der Waals surface area contributed by atoms with E-state index < -0.39 is 0 Å². The third kappa shape index (κ3) is 4.86. The third-order valence-electron chi connectivity index (χ3n) is 5.12. The van der Waals surface area contributed by atoms with Crippen molar-refractivity contribution in [1.82, 2.24) is 5.32 Å². The Morgan fingerprint density at radius 2 is 1.78 bits per heavy atom. The first kappa shape index (κ1) is 21.3. The number of amides is 1. The fraction of sp³-hybridized carbons (Fsp3) is 0.154. The fourth-order valence-corrected chi connectivity index (χ4v) is 3.51. The number of halogens is 1. The number of fused-ring (bicyclic) bond motifs is 1. The van der Waals surface area contributed by atoms with Gasteiger partial charge in [-0.1, -0.05) is 42.5 Å². The number of nitrogens with one attached hydrogen (secondary N) is 1. The number of carbonyl (C=O) groups excluding carboxylic acids is 1. The van der Waals surface area contributed by atoms with Crippen LogP contribution in [0.25, 0.3) is 22.1 Å². The Morgan fingerprint density at radius 1 is 1.03 bits per heavy atom. The summed E-state index contributed by atoms with van der Waals surface area (Å²) in [5, 5.41) is 3.22. The first-order chi connectivity index (χ1) is 15.5. The molecule has 0 atom stereocenters. The minimum Gasteiger partial charge on any atom is -0.484 e. The molecule has 162 valence electrons. The van der Waals surface area contributed by atoms with Crippen molar-refractivity contribution in [3.05, 3.63) is 100 Å². The quantitative estimate of drug-likeness (QED) is 0.463. The molecule has 0 aliphatic heterocycles. The van der Waals surface area contributed by atoms with Crippen LogP contribution in [-0.4, -0.2) is 19.1 Å². The molecule has 3 aromatic carbocycles. The van der Waals surface area contributed by atoms with Gasteiger partial charge >= 0.3 is 0 Å². The van der Waals surface area contributed by atoms with E-state index in [1.54, 1.807) is 37.3 Å². The second-order valence-corrected chi connectivity index (χ2v) is 7.40. The number of hydrogen-bond acceptors (Lipinski definition) is 4. The van der Waals surface area contributed by atoms with Gasteiger partial charge in [-0.05, 0) is 48.7 Å². The zero-order chi connectivity index (χ0) is 22.5. The smallest absolute Gasteiger partial charge is 0.257 e. The Hall–Kier alpha value is -3.93. The molecule has 6 heteroatoms. The lowest BCUT2D eigenvalue weighted by Crippen LogP contribution is -2.30. The lowest BCUT2D eigenvalue weighted by Gasteiger charge is -2.10. The van der Waals surface area contributed by atoms with Crippen LogP contribution in [0.3, 0.4) is 0 Å². The van der Waals surface area contributed by atoms with Gasteiger partial charge in [0, 0.05) is 12.6 Å². The van der Waals surface area contributed by atoms with E-state index in [1.807, 2.05) is 30.3 Å². The highest BCUT2D eigenvalue weighted by atomic mass is 19.1. The van der Waals surface area contributed by atoms with Crippen LogP contribution in [0.5, 0.6) is 5.75 Å². The topological polar surface area (TPSA) is 68.5 Å². The molecule has 0 aliphatic rings. The molecule has 0 fully saturated rings. The van der Waals surface area contributed by atoms with E-state index in [4.69, 9.17) is 9.15 Å². The van der Waals surface area contributed by atoms with Crippen molar-refractivity contribution in [2.45, 2.75) is 13.3 Å². The second-order valence-electron chi connectivity index (χ2n) is 7.40. The van der Waals surface area contributed by atoms with Gasteiger partial charge in [0.25, 0.3) is 5.91 Å². The molecule has 1 amide bonds. The van der Waals surface area contributed by atoms with Crippen LogP contribution in [0.15, 0.2) is 82.0 Å². The van der Waals surface area contributed by atoms with E-state index >= 15 is 0 Å². The van der Waals surface area contributed by atoms with Gasteiger partial charge in [0.2, 0.25) is 5.43 Å². The predicted octanol–water partition coefficient (Wildman–Crippen LogP) is 4.65. The van der Waals surface area contributed by atoms with E-state index in [-0.39, 0.29) is 23.8 Å². The van der Waals surface area contributed by atoms with Crippen molar-refractivity contribution >= 4 is 16.9 Å². The van der Waals surface area contributed by atoms with Gasteiger partial charge in [-0.15, -0.1) is 0 Å². The molecule has 0 aliphatic carbocycles. The molecular weight excluding hydrogens is 409 g/mol. The van der Waals surface area contributed by atoms with E-state index in [0.29, 0.717) is 41.0 Å². The Labute approximate surface area is 184 Å². The van der Waals surface area contributed by atoms with Gasteiger partial charge in [-0.2, -0.15) is 0 Å². The first-order valence-corrected chi connectivity index (χ1v) is 10.3. The molecule has 5 nitrogen and oxygen atoms in total. The number of benzene rings is 3. The predicted molar refractivity (Wildman–Crippen MR) is 121 cm³/mol. The average Bonchev–Trinajstić information content (AvgIpc) is 2.79. The van der Waals surface area contributed by atoms with Crippen LogP contribution in [0.4, 0.5) is 4.39 Å². The number of hydrogen-bond donors (Lipinski definition) is 1. The number of aryl methyl sites for hydroxylation is 1. The summed E-state index contributed by atoms with van der Waals surface area (Å²) in [5.41, 5.74) is 2.56. The summed E-state index contributed by atoms with van der Waals surface area (Å²) in [4.78, 5) is 25.1. The molecule has 0 saturated carbocycles. The summed E-state index contributed by atoms with van der Waals surface area (Å²) in [6.07, 6.45) is 0.593. The Kier molecular flexibility index (Phi) is 6.31. The molecule has 0 spiro atoms. The Balaban J connectivity index is 1.40. The molecule has 0 unspecified atom stereocenters. The molecule has 4 aromatic rings. The van der Waals surface area contributed by atoms with Crippen molar-refractivity contribution < 1.29 is 18.3 Å². The van der Waals surface area contributed by atoms with Gasteiger partial charge in [-0.25, -0.2) is 4.39 Å². The minimum atomic E-state index is -0.288. The van der Waals surface area contributed by atoms with E-state index in [9.17, 15) is 14.0 Å². The van der Waals surface area contributed by atoms with Crippen LogP contribution in [0.1, 0.15) is 11.3 Å². The van der Waals surface area contributed by atoms with Crippen molar-refractivity contribution in [2.75, 3.05) is 13.2 Å². The van der Waals surface area contributed by atoms with Gasteiger partial charge in [0.05, 0.1) is 10.9 Å². The van der Waals surface area contributed by atoms with Gasteiger partial charge in [0.1, 0.15) is 22.9 Å². The van der Waals surface area contributed by atoms with Gasteiger partial charge in [-0.3, -0.25) is 9.59 Å². The number of carbonyl (C=O) groups is 1. The maximum atomic E-state index is 13.0. The minimum absolute atomic E-state index is 0.111. The molecule has 1 aromatic heterocycles. The Bertz CT molecular complexity index is 1300. The monoisotopic (exact) mass is 431 g/mol. The first-order valence-electron chi connectivity index (χ1n) is 10.3. The highest BCUT2D eigenvalue weighted by Gasteiger charge is 2.14. The summed E-state index contributed by atoms with van der Waals surface area (Å²) in [6.45, 7) is 2.01. The summed E-state index contributed by atoms with van der Waals surface area (Å²) in [7, 11) is 0. The van der Waals surface area contributed by atoms with Crippen LogP contribution in [-0.2, 0) is 11.2 Å². The number of ether oxygens (including phenoxy) is 1. The third-order valence-corrected chi connectivity index (χ3v) is 5.12. The number of rotatable bonds is 7. The molecule has 32 heavy (non-hydrogen) atoms. The average molecular weight is 431 g/mol. The summed E-state index contributed by atoms with van der Waals surface area (Å²) < 4.78 is 24.4. The molecule has 0 bridgehead atoms. The molecule has 1 N–H and O–H groups in total. The standard InChI is InChI=1S/C26H22FNO4/c1-17-25(19-5-3-2-4-6-19)26(30)22-12-11-21(15-23(22)32-17)31-16-24(29)28-14-13-18-7-9-20(27)10-8-18/h2-12,15H,13-14,16H2,1H3,(H,28,29). The zero-order valence-electron chi connectivity index (χ0n) is 17.6. The zero-order valence-corrected chi connectivity index (χ0v) is 17.6. The molecule has 1 heterocycles. The highest BCUT2D eigenvalue weighted by Crippen LogP contribution is 2.26. The van der Waals surface area contributed by atoms with E-state index in [1.165, 1.54) is 12.1 Å². The highest BCUT2D eigenvalue weighted by molar-refractivity contribution is 5.84. The van der Waals surface area contributed by atoms with Crippen LogP contribution >= 0.6 is 0 Å². The maximum Gasteiger partial charge on any atom is 0.257 e. The normalized spacial score (nSPS) is 10.8. The van der Waals surface area contributed by atoms with Crippen molar-refractivity contribution in [3.63, 3.8) is 0 Å². The van der Waals surface area contributed by atoms with E-state index in [2.05, 4.69) is 5.32 Å². The summed E-state index contributed by atoms with van der Waals surface area (Å²) in [6, 6.07) is 20.5. The van der Waals surface area contributed by atoms with Crippen LogP contribution < -0.4 is 15.5 Å². The fourth-order valence-electron chi connectivity index (χ4n) is 3.51. The summed E-state index contributed by atoms with van der Waals surface area (Å²) >= 11 is 0.